The summed E-state index contributed by atoms with van der Waals surface area (Å²) >= 11 is -2.03. The van der Waals surface area contributed by atoms with Gasteiger partial charge in [-0.1, -0.05) is 0 Å². The summed E-state index contributed by atoms with van der Waals surface area (Å²) in [5.41, 5.74) is 1.35. The van der Waals surface area contributed by atoms with Gasteiger partial charge in [-0.2, -0.15) is 0 Å². The molecule has 2 rings (SSSR count). The van der Waals surface area contributed by atoms with Crippen molar-refractivity contribution in [3.8, 4) is 11.5 Å². The van der Waals surface area contributed by atoms with Crippen LogP contribution < -0.4 is 9.13 Å². The number of ether oxygens (including phenoxy) is 2. The zero-order valence-corrected chi connectivity index (χ0v) is 17.0. The summed E-state index contributed by atoms with van der Waals surface area (Å²) in [6, 6.07) is 16.2. The van der Waals surface area contributed by atoms with Gasteiger partial charge in [0.15, 0.2) is 0 Å². The SMILES string of the molecule is CCOCCOc1ccc(C[CH2][Ge]([CH3])([CH3])[c]2ccc(O)cc2)cc1. The predicted octanol–water partition coefficient (Wildman–Crippen LogP) is 3.97. The molecule has 24 heavy (non-hydrogen) atoms. The average Bonchev–Trinajstić information content (AvgIpc) is 2.58. The van der Waals surface area contributed by atoms with Crippen molar-refractivity contribution in [1.29, 1.82) is 0 Å². The fourth-order valence-corrected chi connectivity index (χ4v) is 7.39. The topological polar surface area (TPSA) is 38.7 Å². The van der Waals surface area contributed by atoms with Gasteiger partial charge in [0, 0.05) is 0 Å². The third-order valence-electron chi connectivity index (χ3n) is 4.31. The van der Waals surface area contributed by atoms with Crippen LogP contribution in [0, 0.1) is 0 Å². The van der Waals surface area contributed by atoms with Crippen molar-refractivity contribution in [2.45, 2.75) is 30.1 Å². The first-order valence-corrected chi connectivity index (χ1v) is 15.3. The van der Waals surface area contributed by atoms with Crippen LogP contribution in [0.4, 0.5) is 0 Å². The van der Waals surface area contributed by atoms with E-state index in [1.807, 2.05) is 19.1 Å². The molecule has 0 radical (unpaired) electrons. The molecule has 0 aliphatic rings. The minimum atomic E-state index is -2.03. The Hall–Kier alpha value is -1.46. The molecule has 130 valence electrons. The molecule has 0 aromatic heterocycles. The summed E-state index contributed by atoms with van der Waals surface area (Å²) in [5, 5.41) is 10.7. The molecule has 3 nitrogen and oxygen atoms in total. The Kier molecular flexibility index (Phi) is 7.19. The fraction of sp³-hybridized carbons (Fsp3) is 0.400. The Balaban J connectivity index is 1.86. The number of hydrogen-bond donors (Lipinski definition) is 1. The van der Waals surface area contributed by atoms with Gasteiger partial charge in [-0.15, -0.1) is 0 Å². The summed E-state index contributed by atoms with van der Waals surface area (Å²) in [5.74, 6) is 6.10. The van der Waals surface area contributed by atoms with Crippen molar-refractivity contribution in [2.24, 2.45) is 0 Å². The fourth-order valence-electron chi connectivity index (χ4n) is 2.63. The molecule has 0 aliphatic carbocycles. The van der Waals surface area contributed by atoms with E-state index >= 15 is 0 Å². The van der Waals surface area contributed by atoms with Crippen LogP contribution in [0.25, 0.3) is 0 Å². The van der Waals surface area contributed by atoms with Gasteiger partial charge >= 0.3 is 148 Å². The van der Waals surface area contributed by atoms with E-state index in [4.69, 9.17) is 9.47 Å². The summed E-state index contributed by atoms with van der Waals surface area (Å²) in [6.07, 6.45) is 1.09. The zero-order chi connectivity index (χ0) is 17.4. The predicted molar refractivity (Wildman–Crippen MR) is 102 cm³/mol. The molecule has 0 spiro atoms. The first kappa shape index (κ1) is 18.9. The molecule has 2 aromatic rings. The second-order valence-corrected chi connectivity index (χ2v) is 16.8. The number of phenolic OH excluding ortho intramolecular Hbond substituents is 1. The summed E-state index contributed by atoms with van der Waals surface area (Å²) < 4.78 is 12.4. The van der Waals surface area contributed by atoms with Crippen LogP contribution in [0.5, 0.6) is 11.5 Å². The van der Waals surface area contributed by atoms with E-state index in [0.717, 1.165) is 18.8 Å². The van der Waals surface area contributed by atoms with Crippen LogP contribution in [0.2, 0.25) is 16.8 Å². The number of aryl methyl sites for hydroxylation is 1. The number of hydrogen-bond acceptors (Lipinski definition) is 3. The Morgan fingerprint density at radius 3 is 2.21 bits per heavy atom. The van der Waals surface area contributed by atoms with Gasteiger partial charge in [0.1, 0.15) is 0 Å². The second kappa shape index (κ2) is 9.14. The van der Waals surface area contributed by atoms with Crippen LogP contribution in [0.3, 0.4) is 0 Å². The molecular weight excluding hydrogens is 361 g/mol. The van der Waals surface area contributed by atoms with Crippen LogP contribution in [0.15, 0.2) is 48.5 Å². The van der Waals surface area contributed by atoms with Crippen molar-refractivity contribution in [3.05, 3.63) is 54.1 Å². The molecule has 2 aromatic carbocycles. The van der Waals surface area contributed by atoms with Crippen molar-refractivity contribution in [1.82, 2.24) is 0 Å². The van der Waals surface area contributed by atoms with E-state index in [2.05, 4.69) is 35.8 Å². The van der Waals surface area contributed by atoms with Crippen LogP contribution in [0.1, 0.15) is 12.5 Å². The average molecular weight is 389 g/mol. The second-order valence-electron chi connectivity index (χ2n) is 6.62. The monoisotopic (exact) mass is 390 g/mol. The van der Waals surface area contributed by atoms with Gasteiger partial charge in [0.2, 0.25) is 0 Å². The first-order chi connectivity index (χ1) is 11.5. The molecule has 0 aliphatic heterocycles. The minimum absolute atomic E-state index is 0.344. The van der Waals surface area contributed by atoms with Crippen LogP contribution >= 0.6 is 0 Å². The molecule has 0 bridgehead atoms. The van der Waals surface area contributed by atoms with Gasteiger partial charge in [0.05, 0.1) is 0 Å². The van der Waals surface area contributed by atoms with Gasteiger partial charge in [-0.3, -0.25) is 0 Å². The van der Waals surface area contributed by atoms with E-state index in [0.29, 0.717) is 19.0 Å². The van der Waals surface area contributed by atoms with Gasteiger partial charge in [0.25, 0.3) is 0 Å². The molecule has 0 amide bonds. The summed E-state index contributed by atoms with van der Waals surface area (Å²) in [6.45, 7) is 3.94. The summed E-state index contributed by atoms with van der Waals surface area (Å²) in [4.78, 5) is 0. The molecule has 1 N–H and O–H groups in total. The van der Waals surface area contributed by atoms with E-state index in [-0.39, 0.29) is 0 Å². The van der Waals surface area contributed by atoms with Crippen molar-refractivity contribution in [2.75, 3.05) is 19.8 Å². The Bertz CT molecular complexity index is 606. The van der Waals surface area contributed by atoms with Crippen LogP contribution in [-0.2, 0) is 11.2 Å². The molecule has 0 heterocycles. The number of aromatic hydroxyl groups is 1. The molecule has 0 unspecified atom stereocenters. The van der Waals surface area contributed by atoms with E-state index in [1.54, 1.807) is 12.1 Å². The Morgan fingerprint density at radius 1 is 0.917 bits per heavy atom. The number of rotatable bonds is 9. The third-order valence-corrected chi connectivity index (χ3v) is 11.4. The van der Waals surface area contributed by atoms with E-state index in [9.17, 15) is 5.11 Å². The molecule has 0 fully saturated rings. The molecular formula is C20H28GeO3. The zero-order valence-electron chi connectivity index (χ0n) is 14.9. The number of benzene rings is 2. The molecule has 0 atom stereocenters. The van der Waals surface area contributed by atoms with Crippen molar-refractivity contribution >= 4 is 17.7 Å². The van der Waals surface area contributed by atoms with Crippen LogP contribution in [-0.4, -0.2) is 38.2 Å². The van der Waals surface area contributed by atoms with E-state index < -0.39 is 13.3 Å². The van der Waals surface area contributed by atoms with Gasteiger partial charge in [-0.05, 0) is 0 Å². The molecule has 0 saturated heterocycles. The summed E-state index contributed by atoms with van der Waals surface area (Å²) in [7, 11) is 0. The maximum atomic E-state index is 9.45. The number of phenols is 1. The quantitative estimate of drug-likeness (QED) is 0.521. The first-order valence-electron chi connectivity index (χ1n) is 8.60. The van der Waals surface area contributed by atoms with Crippen molar-refractivity contribution < 1.29 is 14.6 Å². The van der Waals surface area contributed by atoms with Gasteiger partial charge < -0.3 is 0 Å². The Labute approximate surface area is 148 Å². The Morgan fingerprint density at radius 2 is 1.58 bits per heavy atom. The molecule has 0 saturated carbocycles. The van der Waals surface area contributed by atoms with Crippen molar-refractivity contribution in [3.63, 3.8) is 0 Å². The van der Waals surface area contributed by atoms with Gasteiger partial charge in [-0.25, -0.2) is 0 Å². The third kappa shape index (κ3) is 5.88. The van der Waals surface area contributed by atoms with E-state index in [1.165, 1.54) is 15.2 Å². The molecule has 4 heteroatoms. The standard InChI is InChI=1S/C20H28GeO3/c1-4-23-15-16-24-20-11-5-17(6-12-20)13-14-21(2,3)18-7-9-19(22)10-8-18/h5-12,22H,4,13-16H2,1-3H3. The maximum absolute atomic E-state index is 9.45. The normalized spacial score (nSPS) is 11.5.